The summed E-state index contributed by atoms with van der Waals surface area (Å²) in [4.78, 5) is 0. The van der Waals surface area contributed by atoms with Gasteiger partial charge in [-0.25, -0.2) is 0 Å². The van der Waals surface area contributed by atoms with Crippen LogP contribution in [-0.2, 0) is 9.47 Å². The molecule has 0 bridgehead atoms. The molecule has 2 atom stereocenters. The van der Waals surface area contributed by atoms with Crippen molar-refractivity contribution in [1.29, 1.82) is 0 Å². The van der Waals surface area contributed by atoms with Crippen molar-refractivity contribution in [3.8, 4) is 0 Å². The molecule has 1 saturated heterocycles. The third kappa shape index (κ3) is 3.34. The minimum absolute atomic E-state index is 0.117. The minimum Gasteiger partial charge on any atom is -0.387 e. The van der Waals surface area contributed by atoms with Gasteiger partial charge in [0.05, 0.1) is 12.7 Å². The lowest BCUT2D eigenvalue weighted by Crippen LogP contribution is -2.26. The zero-order valence-electron chi connectivity index (χ0n) is 7.24. The molecule has 1 rings (SSSR count). The van der Waals surface area contributed by atoms with Crippen LogP contribution in [0.3, 0.4) is 0 Å². The molecular weight excluding hydrogens is 156 g/mol. The van der Waals surface area contributed by atoms with Crippen molar-refractivity contribution >= 4 is 0 Å². The second-order valence-electron chi connectivity index (χ2n) is 2.93. The molecule has 3 heteroatoms. The van der Waals surface area contributed by atoms with Gasteiger partial charge in [0.15, 0.2) is 6.29 Å². The lowest BCUT2D eigenvalue weighted by atomic mass is 10.2. The van der Waals surface area contributed by atoms with Gasteiger partial charge in [0.1, 0.15) is 0 Å². The van der Waals surface area contributed by atoms with Gasteiger partial charge < -0.3 is 14.6 Å². The number of aliphatic hydroxyl groups excluding tert-OH is 1. The van der Waals surface area contributed by atoms with Gasteiger partial charge in [-0.3, -0.25) is 0 Å². The molecule has 0 saturated carbocycles. The number of hydrogen-bond donors (Lipinski definition) is 1. The van der Waals surface area contributed by atoms with Crippen LogP contribution in [0.25, 0.3) is 0 Å². The van der Waals surface area contributed by atoms with Crippen molar-refractivity contribution in [3.63, 3.8) is 0 Å². The second kappa shape index (κ2) is 5.30. The normalized spacial score (nSPS) is 26.6. The van der Waals surface area contributed by atoms with Gasteiger partial charge in [0, 0.05) is 6.61 Å². The molecule has 1 aliphatic heterocycles. The third-order valence-electron chi connectivity index (χ3n) is 1.86. The second-order valence-corrected chi connectivity index (χ2v) is 2.93. The molecule has 0 spiro atoms. The molecule has 0 aromatic carbocycles. The monoisotopic (exact) mass is 172 g/mol. The summed E-state index contributed by atoms with van der Waals surface area (Å²) in [5.41, 5.74) is 0. The molecule has 0 aromatic heterocycles. The van der Waals surface area contributed by atoms with E-state index in [4.69, 9.17) is 14.6 Å². The van der Waals surface area contributed by atoms with E-state index in [0.717, 1.165) is 25.9 Å². The minimum atomic E-state index is -0.574. The van der Waals surface area contributed by atoms with Gasteiger partial charge in [-0.2, -0.15) is 0 Å². The molecule has 1 N–H and O–H groups in total. The molecule has 70 valence electrons. The quantitative estimate of drug-likeness (QED) is 0.645. The van der Waals surface area contributed by atoms with E-state index in [2.05, 4.69) is 6.58 Å². The van der Waals surface area contributed by atoms with Crippen LogP contribution in [0, 0.1) is 0 Å². The van der Waals surface area contributed by atoms with Crippen molar-refractivity contribution < 1.29 is 14.6 Å². The van der Waals surface area contributed by atoms with E-state index in [9.17, 15) is 0 Å². The van der Waals surface area contributed by atoms with Gasteiger partial charge in [-0.15, -0.1) is 6.58 Å². The van der Waals surface area contributed by atoms with Crippen molar-refractivity contribution in [3.05, 3.63) is 12.7 Å². The highest BCUT2D eigenvalue weighted by Gasteiger charge is 2.14. The molecule has 3 nitrogen and oxygen atoms in total. The Morgan fingerprint density at radius 1 is 1.67 bits per heavy atom. The van der Waals surface area contributed by atoms with Gasteiger partial charge in [-0.1, -0.05) is 6.08 Å². The standard InChI is InChI=1S/C9H16O3/c1-2-8(10)7-12-9-5-3-4-6-11-9/h2,8-10H,1,3-7H2. The SMILES string of the molecule is C=CC(O)COC1CCCCO1. The van der Waals surface area contributed by atoms with Gasteiger partial charge in [0.25, 0.3) is 0 Å². The molecule has 1 aliphatic rings. The van der Waals surface area contributed by atoms with Crippen molar-refractivity contribution in [1.82, 2.24) is 0 Å². The molecular formula is C9H16O3. The highest BCUT2D eigenvalue weighted by Crippen LogP contribution is 2.13. The maximum absolute atomic E-state index is 9.09. The Hall–Kier alpha value is -0.380. The van der Waals surface area contributed by atoms with Crippen LogP contribution in [0.1, 0.15) is 19.3 Å². The molecule has 2 unspecified atom stereocenters. The predicted molar refractivity (Wildman–Crippen MR) is 45.7 cm³/mol. The largest absolute Gasteiger partial charge is 0.387 e. The van der Waals surface area contributed by atoms with E-state index in [1.165, 1.54) is 6.08 Å². The fourth-order valence-corrected chi connectivity index (χ4v) is 1.12. The zero-order chi connectivity index (χ0) is 8.81. The Balaban J connectivity index is 2.08. The molecule has 1 heterocycles. The summed E-state index contributed by atoms with van der Waals surface area (Å²) in [5.74, 6) is 0. The zero-order valence-corrected chi connectivity index (χ0v) is 7.24. The van der Waals surface area contributed by atoms with Crippen LogP contribution < -0.4 is 0 Å². The fourth-order valence-electron chi connectivity index (χ4n) is 1.12. The summed E-state index contributed by atoms with van der Waals surface area (Å²) in [7, 11) is 0. The van der Waals surface area contributed by atoms with E-state index in [-0.39, 0.29) is 12.9 Å². The number of aliphatic hydroxyl groups is 1. The van der Waals surface area contributed by atoms with Crippen molar-refractivity contribution in [2.24, 2.45) is 0 Å². The number of ether oxygens (including phenoxy) is 2. The Labute approximate surface area is 73.0 Å². The summed E-state index contributed by atoms with van der Waals surface area (Å²) in [5, 5.41) is 9.09. The highest BCUT2D eigenvalue weighted by atomic mass is 16.7. The van der Waals surface area contributed by atoms with E-state index in [1.807, 2.05) is 0 Å². The first kappa shape index (κ1) is 9.71. The first-order valence-corrected chi connectivity index (χ1v) is 4.37. The Bertz CT molecular complexity index is 130. The van der Waals surface area contributed by atoms with Gasteiger partial charge in [-0.05, 0) is 19.3 Å². The first-order chi connectivity index (χ1) is 5.83. The van der Waals surface area contributed by atoms with Crippen LogP contribution in [0.5, 0.6) is 0 Å². The van der Waals surface area contributed by atoms with Crippen LogP contribution >= 0.6 is 0 Å². The maximum Gasteiger partial charge on any atom is 0.157 e. The van der Waals surface area contributed by atoms with E-state index in [1.54, 1.807) is 0 Å². The molecule has 0 amide bonds. The average Bonchev–Trinajstić information content (AvgIpc) is 2.16. The Kier molecular flexibility index (Phi) is 4.29. The molecule has 0 aromatic rings. The van der Waals surface area contributed by atoms with Crippen LogP contribution in [0.4, 0.5) is 0 Å². The van der Waals surface area contributed by atoms with E-state index >= 15 is 0 Å². The fraction of sp³-hybridized carbons (Fsp3) is 0.778. The summed E-state index contributed by atoms with van der Waals surface area (Å²) in [6, 6.07) is 0. The van der Waals surface area contributed by atoms with E-state index < -0.39 is 6.10 Å². The lowest BCUT2D eigenvalue weighted by molar-refractivity contribution is -0.171. The summed E-state index contributed by atoms with van der Waals surface area (Å²) in [6.07, 6.45) is 3.97. The molecule has 12 heavy (non-hydrogen) atoms. The smallest absolute Gasteiger partial charge is 0.157 e. The lowest BCUT2D eigenvalue weighted by Gasteiger charge is -2.23. The molecule has 0 radical (unpaired) electrons. The van der Waals surface area contributed by atoms with Gasteiger partial charge in [0.2, 0.25) is 0 Å². The topological polar surface area (TPSA) is 38.7 Å². The number of rotatable bonds is 4. The Morgan fingerprint density at radius 3 is 3.08 bits per heavy atom. The maximum atomic E-state index is 9.09. The van der Waals surface area contributed by atoms with Crippen molar-refractivity contribution in [2.45, 2.75) is 31.7 Å². The van der Waals surface area contributed by atoms with Crippen LogP contribution in [0.2, 0.25) is 0 Å². The van der Waals surface area contributed by atoms with Crippen LogP contribution in [0.15, 0.2) is 12.7 Å². The summed E-state index contributed by atoms with van der Waals surface area (Å²) in [6.45, 7) is 4.51. The first-order valence-electron chi connectivity index (χ1n) is 4.37. The average molecular weight is 172 g/mol. The van der Waals surface area contributed by atoms with Gasteiger partial charge >= 0.3 is 0 Å². The van der Waals surface area contributed by atoms with Crippen LogP contribution in [-0.4, -0.2) is 30.7 Å². The molecule has 1 fully saturated rings. The van der Waals surface area contributed by atoms with Crippen molar-refractivity contribution in [2.75, 3.05) is 13.2 Å². The third-order valence-corrected chi connectivity index (χ3v) is 1.86. The Morgan fingerprint density at radius 2 is 2.50 bits per heavy atom. The molecule has 0 aliphatic carbocycles. The van der Waals surface area contributed by atoms with E-state index in [0.29, 0.717) is 0 Å². The predicted octanol–water partition coefficient (Wildman–Crippen LogP) is 1.08. The highest BCUT2D eigenvalue weighted by molar-refractivity contribution is 4.77. The summed E-state index contributed by atoms with van der Waals surface area (Å²) >= 11 is 0. The number of hydrogen-bond acceptors (Lipinski definition) is 3. The summed E-state index contributed by atoms with van der Waals surface area (Å²) < 4.78 is 10.6.